The van der Waals surface area contributed by atoms with Gasteiger partial charge in [-0.3, -0.25) is 9.58 Å². The second-order valence-corrected chi connectivity index (χ2v) is 6.59. The molecule has 0 saturated heterocycles. The van der Waals surface area contributed by atoms with E-state index in [4.69, 9.17) is 0 Å². The van der Waals surface area contributed by atoms with Crippen LogP contribution in [-0.2, 0) is 13.1 Å². The lowest BCUT2D eigenvalue weighted by Gasteiger charge is -2.33. The number of hydrogen-bond acceptors (Lipinski definition) is 4. The van der Waals surface area contributed by atoms with Crippen LogP contribution in [0.15, 0.2) is 36.5 Å². The molecule has 2 N–H and O–H groups in total. The van der Waals surface area contributed by atoms with Crippen LogP contribution in [0.5, 0.6) is 0 Å². The van der Waals surface area contributed by atoms with E-state index in [1.54, 1.807) is 4.68 Å². The SMILES string of the molecule is OC(Nc1cc(F)c(F)c(F)c1)N1CCn2ncc(-c3ccc(F)cc3F)c2C1. The molecule has 0 aliphatic carbocycles. The van der Waals surface area contributed by atoms with E-state index in [9.17, 15) is 27.1 Å². The molecule has 2 aromatic carbocycles. The zero-order chi connectivity index (χ0) is 20.7. The third-order valence-corrected chi connectivity index (χ3v) is 4.75. The topological polar surface area (TPSA) is 53.3 Å². The number of halogens is 5. The van der Waals surface area contributed by atoms with Crippen molar-refractivity contribution in [1.29, 1.82) is 0 Å². The number of aromatic nitrogens is 2. The van der Waals surface area contributed by atoms with Crippen LogP contribution >= 0.6 is 0 Å². The van der Waals surface area contributed by atoms with Crippen LogP contribution < -0.4 is 5.32 Å². The fourth-order valence-corrected chi connectivity index (χ4v) is 3.29. The Labute approximate surface area is 162 Å². The van der Waals surface area contributed by atoms with E-state index in [2.05, 4.69) is 10.4 Å². The Bertz CT molecular complexity index is 1050. The zero-order valence-electron chi connectivity index (χ0n) is 14.8. The van der Waals surface area contributed by atoms with Gasteiger partial charge in [-0.1, -0.05) is 0 Å². The molecule has 1 aliphatic heterocycles. The summed E-state index contributed by atoms with van der Waals surface area (Å²) in [5.41, 5.74) is 1.05. The minimum absolute atomic E-state index is 0.131. The maximum Gasteiger partial charge on any atom is 0.194 e. The molecular formula is C19H15F5N4O. The third-order valence-electron chi connectivity index (χ3n) is 4.75. The van der Waals surface area contributed by atoms with Crippen molar-refractivity contribution in [2.24, 2.45) is 0 Å². The van der Waals surface area contributed by atoms with E-state index in [-0.39, 0.29) is 17.8 Å². The maximum atomic E-state index is 14.2. The van der Waals surface area contributed by atoms with Gasteiger partial charge >= 0.3 is 0 Å². The van der Waals surface area contributed by atoms with Crippen LogP contribution in [-0.4, -0.2) is 32.7 Å². The number of aliphatic hydroxyl groups excluding tert-OH is 1. The van der Waals surface area contributed by atoms with Crippen LogP contribution in [0, 0.1) is 29.1 Å². The molecule has 0 bridgehead atoms. The highest BCUT2D eigenvalue weighted by Gasteiger charge is 2.26. The van der Waals surface area contributed by atoms with E-state index < -0.39 is 35.4 Å². The predicted octanol–water partition coefficient (Wildman–Crippen LogP) is 3.45. The number of rotatable bonds is 4. The van der Waals surface area contributed by atoms with Crippen LogP contribution in [0.3, 0.4) is 0 Å². The number of anilines is 1. The van der Waals surface area contributed by atoms with Gasteiger partial charge in [0.2, 0.25) is 0 Å². The lowest BCUT2D eigenvalue weighted by Crippen LogP contribution is -2.45. The third kappa shape index (κ3) is 3.68. The fraction of sp³-hybridized carbons (Fsp3) is 0.211. The number of nitrogens with zero attached hydrogens (tertiary/aromatic N) is 3. The van der Waals surface area contributed by atoms with Gasteiger partial charge in [0.05, 0.1) is 18.4 Å². The van der Waals surface area contributed by atoms with Crippen molar-refractivity contribution in [3.8, 4) is 11.1 Å². The van der Waals surface area contributed by atoms with Crippen molar-refractivity contribution < 1.29 is 27.1 Å². The average molecular weight is 410 g/mol. The molecule has 0 spiro atoms. The van der Waals surface area contributed by atoms with Gasteiger partial charge in [0.1, 0.15) is 11.6 Å². The van der Waals surface area contributed by atoms with Crippen molar-refractivity contribution >= 4 is 5.69 Å². The van der Waals surface area contributed by atoms with Crippen molar-refractivity contribution in [3.05, 3.63) is 71.3 Å². The predicted molar refractivity (Wildman–Crippen MR) is 93.9 cm³/mol. The van der Waals surface area contributed by atoms with Crippen LogP contribution in [0.2, 0.25) is 0 Å². The van der Waals surface area contributed by atoms with Gasteiger partial charge in [0, 0.05) is 48.1 Å². The monoisotopic (exact) mass is 410 g/mol. The summed E-state index contributed by atoms with van der Waals surface area (Å²) in [4.78, 5) is 1.53. The second kappa shape index (κ2) is 7.45. The number of nitrogens with one attached hydrogen (secondary N) is 1. The van der Waals surface area contributed by atoms with E-state index in [0.717, 1.165) is 24.3 Å². The average Bonchev–Trinajstić information content (AvgIpc) is 3.09. The Balaban J connectivity index is 1.56. The largest absolute Gasteiger partial charge is 0.361 e. The molecule has 1 atom stereocenters. The highest BCUT2D eigenvalue weighted by molar-refractivity contribution is 5.66. The first-order chi connectivity index (χ1) is 13.8. The Morgan fingerprint density at radius 2 is 1.66 bits per heavy atom. The number of fused-ring (bicyclic) bond motifs is 1. The molecule has 29 heavy (non-hydrogen) atoms. The summed E-state index contributed by atoms with van der Waals surface area (Å²) >= 11 is 0. The molecule has 1 unspecified atom stereocenters. The number of aliphatic hydroxyl groups is 1. The summed E-state index contributed by atoms with van der Waals surface area (Å²) in [5.74, 6) is -5.81. The van der Waals surface area contributed by atoms with Crippen molar-refractivity contribution in [3.63, 3.8) is 0 Å². The molecule has 5 nitrogen and oxygen atoms in total. The molecule has 3 aromatic rings. The van der Waals surface area contributed by atoms with Gasteiger partial charge in [-0.25, -0.2) is 22.0 Å². The van der Waals surface area contributed by atoms with Gasteiger partial charge in [-0.05, 0) is 12.1 Å². The first-order valence-electron chi connectivity index (χ1n) is 8.67. The first-order valence-corrected chi connectivity index (χ1v) is 8.67. The molecular weight excluding hydrogens is 395 g/mol. The molecule has 1 aliphatic rings. The minimum Gasteiger partial charge on any atom is -0.361 e. The van der Waals surface area contributed by atoms with E-state index >= 15 is 0 Å². The standard InChI is InChI=1S/C19H15F5N4O/c20-10-1-2-12(14(21)5-10)13-8-25-28-4-3-27(9-17(13)28)19(29)26-11-6-15(22)18(24)16(23)7-11/h1-2,5-8,19,26,29H,3-4,9H2. The van der Waals surface area contributed by atoms with E-state index in [0.29, 0.717) is 24.3 Å². The van der Waals surface area contributed by atoms with Gasteiger partial charge in [-0.15, -0.1) is 0 Å². The van der Waals surface area contributed by atoms with Gasteiger partial charge in [-0.2, -0.15) is 5.10 Å². The lowest BCUT2D eigenvalue weighted by molar-refractivity contribution is 0.00643. The van der Waals surface area contributed by atoms with E-state index in [1.165, 1.54) is 17.2 Å². The fourth-order valence-electron chi connectivity index (χ4n) is 3.29. The smallest absolute Gasteiger partial charge is 0.194 e. The summed E-state index contributed by atoms with van der Waals surface area (Å²) in [6.45, 7) is 0.829. The summed E-state index contributed by atoms with van der Waals surface area (Å²) in [7, 11) is 0. The molecule has 1 aromatic heterocycles. The molecule has 2 heterocycles. The van der Waals surface area contributed by atoms with Crippen molar-refractivity contribution in [2.45, 2.75) is 19.4 Å². The Morgan fingerprint density at radius 3 is 2.34 bits per heavy atom. The highest BCUT2D eigenvalue weighted by atomic mass is 19.2. The van der Waals surface area contributed by atoms with E-state index in [1.807, 2.05) is 0 Å². The van der Waals surface area contributed by atoms with Gasteiger partial charge in [0.25, 0.3) is 0 Å². The Kier molecular flexibility index (Phi) is 4.97. The molecule has 0 radical (unpaired) electrons. The van der Waals surface area contributed by atoms with Crippen LogP contribution in [0.4, 0.5) is 27.6 Å². The normalized spacial score (nSPS) is 15.2. The molecule has 152 valence electrons. The summed E-state index contributed by atoms with van der Waals surface area (Å²) in [6.07, 6.45) is 0.105. The summed E-state index contributed by atoms with van der Waals surface area (Å²) in [5, 5.41) is 17.1. The van der Waals surface area contributed by atoms with Crippen molar-refractivity contribution in [2.75, 3.05) is 11.9 Å². The van der Waals surface area contributed by atoms with Gasteiger partial charge < -0.3 is 10.4 Å². The quantitative estimate of drug-likeness (QED) is 0.393. The van der Waals surface area contributed by atoms with Gasteiger partial charge in [0.15, 0.2) is 23.8 Å². The number of benzene rings is 2. The molecule has 0 fully saturated rings. The highest BCUT2D eigenvalue weighted by Crippen LogP contribution is 2.30. The minimum atomic E-state index is -1.60. The zero-order valence-corrected chi connectivity index (χ0v) is 14.8. The van der Waals surface area contributed by atoms with Crippen LogP contribution in [0.25, 0.3) is 11.1 Å². The maximum absolute atomic E-state index is 14.2. The van der Waals surface area contributed by atoms with Crippen LogP contribution in [0.1, 0.15) is 5.69 Å². The lowest BCUT2D eigenvalue weighted by atomic mass is 10.0. The Hall–Kier alpha value is -2.98. The second-order valence-electron chi connectivity index (χ2n) is 6.59. The molecule has 0 amide bonds. The summed E-state index contributed by atoms with van der Waals surface area (Å²) in [6, 6.07) is 4.68. The molecule has 10 heteroatoms. The number of hydrogen-bond donors (Lipinski definition) is 2. The summed E-state index contributed by atoms with van der Waals surface area (Å²) < 4.78 is 68.8. The molecule has 4 rings (SSSR count). The first kappa shape index (κ1) is 19.3. The van der Waals surface area contributed by atoms with Crippen molar-refractivity contribution in [1.82, 2.24) is 14.7 Å². The Morgan fingerprint density at radius 1 is 0.931 bits per heavy atom. The molecule has 0 saturated carbocycles.